The van der Waals surface area contributed by atoms with Crippen LogP contribution >= 0.6 is 0 Å². The summed E-state index contributed by atoms with van der Waals surface area (Å²) in [6.45, 7) is 0.672. The minimum atomic E-state index is -0.0937. The van der Waals surface area contributed by atoms with Gasteiger partial charge >= 0.3 is 0 Å². The summed E-state index contributed by atoms with van der Waals surface area (Å²) in [7, 11) is 0. The molecule has 0 spiro atoms. The van der Waals surface area contributed by atoms with Gasteiger partial charge in [-0.1, -0.05) is 0 Å². The van der Waals surface area contributed by atoms with Crippen molar-refractivity contribution in [3.05, 3.63) is 11.4 Å². The average Bonchev–Trinajstić information content (AvgIpc) is 3.15. The first-order valence-corrected chi connectivity index (χ1v) is 7.48. The third-order valence-corrected chi connectivity index (χ3v) is 4.36. The van der Waals surface area contributed by atoms with Crippen LogP contribution in [0, 0.1) is 0 Å². The number of carbonyl (C=O) groups excluding carboxylic acids is 1. The maximum atomic E-state index is 12.6. The van der Waals surface area contributed by atoms with E-state index in [1.54, 1.807) is 0 Å². The molecule has 0 bridgehead atoms. The lowest BCUT2D eigenvalue weighted by Crippen LogP contribution is -2.45. The molecule has 0 atom stereocenters. The van der Waals surface area contributed by atoms with Crippen LogP contribution in [0.3, 0.4) is 0 Å². The van der Waals surface area contributed by atoms with Crippen LogP contribution in [0.2, 0.25) is 0 Å². The molecule has 1 amide bonds. The standard InChI is InChI=1S/C14H22N4O2/c15-11-12(9-5-6-9)16-17-13(11)14(20)18(7-2-8-19)10-3-1-4-10/h9-10,19H,1-8,15H2,(H,16,17). The summed E-state index contributed by atoms with van der Waals surface area (Å²) in [6.07, 6.45) is 6.08. The second-order valence-corrected chi connectivity index (χ2v) is 5.83. The van der Waals surface area contributed by atoms with Crippen LogP contribution in [0.15, 0.2) is 0 Å². The zero-order valence-electron chi connectivity index (χ0n) is 11.6. The molecule has 6 heteroatoms. The third kappa shape index (κ3) is 2.40. The lowest BCUT2D eigenvalue weighted by molar-refractivity contribution is 0.0557. The van der Waals surface area contributed by atoms with Crippen molar-refractivity contribution in [2.24, 2.45) is 0 Å². The number of H-pyrrole nitrogens is 1. The van der Waals surface area contributed by atoms with Crippen LogP contribution in [-0.4, -0.2) is 45.3 Å². The van der Waals surface area contributed by atoms with Crippen molar-refractivity contribution in [1.82, 2.24) is 15.1 Å². The molecule has 2 saturated carbocycles. The highest BCUT2D eigenvalue weighted by Gasteiger charge is 2.34. The molecule has 4 N–H and O–H groups in total. The first-order chi connectivity index (χ1) is 9.72. The number of anilines is 1. The Labute approximate surface area is 118 Å². The highest BCUT2D eigenvalue weighted by atomic mass is 16.3. The molecule has 2 aliphatic rings. The highest BCUT2D eigenvalue weighted by Crippen LogP contribution is 2.42. The fraction of sp³-hybridized carbons (Fsp3) is 0.714. The van der Waals surface area contributed by atoms with E-state index in [1.807, 2.05) is 4.90 Å². The molecule has 0 aromatic carbocycles. The monoisotopic (exact) mass is 278 g/mol. The van der Waals surface area contributed by atoms with Crippen LogP contribution in [0.5, 0.6) is 0 Å². The molecule has 110 valence electrons. The molecule has 1 aromatic rings. The average molecular weight is 278 g/mol. The molecule has 2 aliphatic carbocycles. The normalized spacial score (nSPS) is 18.9. The van der Waals surface area contributed by atoms with E-state index in [4.69, 9.17) is 10.8 Å². The van der Waals surface area contributed by atoms with Crippen molar-refractivity contribution < 1.29 is 9.90 Å². The van der Waals surface area contributed by atoms with E-state index >= 15 is 0 Å². The number of aromatic amines is 1. The van der Waals surface area contributed by atoms with Gasteiger partial charge in [0.1, 0.15) is 0 Å². The molecule has 3 rings (SSSR count). The highest BCUT2D eigenvalue weighted by molar-refractivity contribution is 5.98. The van der Waals surface area contributed by atoms with Gasteiger partial charge in [-0.15, -0.1) is 0 Å². The number of nitrogens with two attached hydrogens (primary N) is 1. The van der Waals surface area contributed by atoms with E-state index in [1.165, 1.54) is 0 Å². The molecular weight excluding hydrogens is 256 g/mol. The van der Waals surface area contributed by atoms with E-state index in [0.29, 0.717) is 30.3 Å². The Kier molecular flexibility index (Phi) is 3.65. The van der Waals surface area contributed by atoms with E-state index < -0.39 is 0 Å². The van der Waals surface area contributed by atoms with Gasteiger partial charge in [0.2, 0.25) is 0 Å². The van der Waals surface area contributed by atoms with Crippen LogP contribution in [0.1, 0.15) is 60.6 Å². The number of rotatable bonds is 6. The number of carbonyl (C=O) groups is 1. The lowest BCUT2D eigenvalue weighted by Gasteiger charge is -2.37. The molecule has 0 saturated heterocycles. The second-order valence-electron chi connectivity index (χ2n) is 5.83. The third-order valence-electron chi connectivity index (χ3n) is 4.36. The largest absolute Gasteiger partial charge is 0.396 e. The van der Waals surface area contributed by atoms with Gasteiger partial charge in [-0.05, 0) is 38.5 Å². The predicted octanol–water partition coefficient (Wildman–Crippen LogP) is 1.25. The van der Waals surface area contributed by atoms with Crippen molar-refractivity contribution in [3.8, 4) is 0 Å². The van der Waals surface area contributed by atoms with Gasteiger partial charge < -0.3 is 15.7 Å². The Bertz CT molecular complexity index is 491. The van der Waals surface area contributed by atoms with Crippen molar-refractivity contribution in [1.29, 1.82) is 0 Å². The van der Waals surface area contributed by atoms with E-state index in [0.717, 1.165) is 37.8 Å². The van der Waals surface area contributed by atoms with Crippen LogP contribution < -0.4 is 5.73 Å². The Balaban J connectivity index is 1.77. The zero-order chi connectivity index (χ0) is 14.1. The molecule has 2 fully saturated rings. The number of hydrogen-bond donors (Lipinski definition) is 3. The Morgan fingerprint density at radius 1 is 1.40 bits per heavy atom. The van der Waals surface area contributed by atoms with Gasteiger partial charge in [0.25, 0.3) is 5.91 Å². The number of nitrogens with one attached hydrogen (secondary N) is 1. The van der Waals surface area contributed by atoms with Gasteiger partial charge in [-0.2, -0.15) is 5.10 Å². The minimum Gasteiger partial charge on any atom is -0.396 e. The molecule has 0 unspecified atom stereocenters. The van der Waals surface area contributed by atoms with Crippen molar-refractivity contribution in [3.63, 3.8) is 0 Å². The Morgan fingerprint density at radius 3 is 2.70 bits per heavy atom. The van der Waals surface area contributed by atoms with Crippen LogP contribution in [-0.2, 0) is 0 Å². The van der Waals surface area contributed by atoms with Crippen molar-refractivity contribution in [2.45, 2.75) is 50.5 Å². The SMILES string of the molecule is Nc1c(C(=O)N(CCCO)C2CCC2)n[nH]c1C1CC1. The zero-order valence-corrected chi connectivity index (χ0v) is 11.6. The second kappa shape index (κ2) is 5.44. The first kappa shape index (κ1) is 13.4. The molecule has 1 heterocycles. The fourth-order valence-corrected chi connectivity index (χ4v) is 2.74. The molecule has 0 aliphatic heterocycles. The quantitative estimate of drug-likeness (QED) is 0.729. The number of nitrogens with zero attached hydrogens (tertiary/aromatic N) is 2. The van der Waals surface area contributed by atoms with E-state index in [9.17, 15) is 4.79 Å². The van der Waals surface area contributed by atoms with Crippen molar-refractivity contribution in [2.75, 3.05) is 18.9 Å². The summed E-state index contributed by atoms with van der Waals surface area (Å²) >= 11 is 0. The fourth-order valence-electron chi connectivity index (χ4n) is 2.74. The molecule has 6 nitrogen and oxygen atoms in total. The van der Waals surface area contributed by atoms with Crippen LogP contribution in [0.25, 0.3) is 0 Å². The predicted molar refractivity (Wildman–Crippen MR) is 75.4 cm³/mol. The number of aliphatic hydroxyl groups is 1. The van der Waals surface area contributed by atoms with E-state index in [2.05, 4.69) is 10.2 Å². The molecule has 1 aromatic heterocycles. The van der Waals surface area contributed by atoms with Gasteiger partial charge in [0, 0.05) is 25.1 Å². The maximum absolute atomic E-state index is 12.6. The van der Waals surface area contributed by atoms with Gasteiger partial charge in [-0.3, -0.25) is 9.89 Å². The number of hydrogen-bond acceptors (Lipinski definition) is 4. The summed E-state index contributed by atoms with van der Waals surface area (Å²) in [6, 6.07) is 0.287. The molecule has 0 radical (unpaired) electrons. The van der Waals surface area contributed by atoms with Crippen molar-refractivity contribution >= 4 is 11.6 Å². The molecular formula is C14H22N4O2. The smallest absolute Gasteiger partial charge is 0.276 e. The number of aromatic nitrogens is 2. The van der Waals surface area contributed by atoms with E-state index in [-0.39, 0.29) is 18.6 Å². The topological polar surface area (TPSA) is 95.2 Å². The summed E-state index contributed by atoms with van der Waals surface area (Å²) in [4.78, 5) is 14.5. The molecule has 20 heavy (non-hydrogen) atoms. The van der Waals surface area contributed by atoms with Gasteiger partial charge in [0.05, 0.1) is 11.4 Å². The van der Waals surface area contributed by atoms with Gasteiger partial charge in [0.15, 0.2) is 5.69 Å². The maximum Gasteiger partial charge on any atom is 0.276 e. The lowest BCUT2D eigenvalue weighted by atomic mass is 9.91. The summed E-state index contributed by atoms with van der Waals surface area (Å²) < 4.78 is 0. The Hall–Kier alpha value is -1.56. The van der Waals surface area contributed by atoms with Crippen LogP contribution in [0.4, 0.5) is 5.69 Å². The Morgan fingerprint density at radius 2 is 2.15 bits per heavy atom. The summed E-state index contributed by atoms with van der Waals surface area (Å²) in [5.41, 5.74) is 7.88. The summed E-state index contributed by atoms with van der Waals surface area (Å²) in [5, 5.41) is 16.1. The minimum absolute atomic E-state index is 0.0937. The van der Waals surface area contributed by atoms with Gasteiger partial charge in [-0.25, -0.2) is 0 Å². The number of aliphatic hydroxyl groups excluding tert-OH is 1. The number of nitrogen functional groups attached to an aromatic ring is 1. The number of amides is 1. The summed E-state index contributed by atoms with van der Waals surface area (Å²) in [5.74, 6) is 0.363. The first-order valence-electron chi connectivity index (χ1n) is 7.48.